The molecule has 0 radical (unpaired) electrons. The lowest BCUT2D eigenvalue weighted by Crippen LogP contribution is -2.25. The lowest BCUT2D eigenvalue weighted by Gasteiger charge is -2.24. The second-order valence-electron chi connectivity index (χ2n) is 12.3. The molecule has 0 spiro atoms. The van der Waals surface area contributed by atoms with E-state index in [1.54, 1.807) is 0 Å². The van der Waals surface area contributed by atoms with Crippen molar-refractivity contribution >= 4 is 46.3 Å². The highest BCUT2D eigenvalue weighted by molar-refractivity contribution is 5.71. The summed E-state index contributed by atoms with van der Waals surface area (Å²) in [5, 5.41) is 17.8. The van der Waals surface area contributed by atoms with Gasteiger partial charge in [0.1, 0.15) is 0 Å². The van der Waals surface area contributed by atoms with Gasteiger partial charge in [0.2, 0.25) is 0 Å². The fourth-order valence-corrected chi connectivity index (χ4v) is 5.32. The maximum atomic E-state index is 4.47. The fourth-order valence-electron chi connectivity index (χ4n) is 5.32. The zero-order valence-electron chi connectivity index (χ0n) is 29.6. The minimum Gasteiger partial charge on any atom is -0.372 e. The molecule has 0 saturated carbocycles. The van der Waals surface area contributed by atoms with Crippen molar-refractivity contribution in [3.8, 4) is 0 Å². The van der Waals surface area contributed by atoms with Crippen LogP contribution in [0.3, 0.4) is 0 Å². The maximum absolute atomic E-state index is 4.47. The van der Waals surface area contributed by atoms with E-state index in [9.17, 15) is 0 Å². The van der Waals surface area contributed by atoms with Crippen LogP contribution in [0.4, 0.5) is 34.1 Å². The van der Waals surface area contributed by atoms with E-state index in [4.69, 9.17) is 0 Å². The molecule has 0 atom stereocenters. The molecule has 0 heterocycles. The van der Waals surface area contributed by atoms with E-state index in [2.05, 4.69) is 143 Å². The minimum absolute atomic E-state index is 0.832. The lowest BCUT2D eigenvalue weighted by molar-refractivity contribution is 0.678. The van der Waals surface area contributed by atoms with Crippen molar-refractivity contribution in [2.24, 2.45) is 20.5 Å². The van der Waals surface area contributed by atoms with Gasteiger partial charge in [-0.3, -0.25) is 0 Å². The average Bonchev–Trinajstić information content (AvgIpc) is 3.14. The molecule has 4 rings (SSSR count). The molecule has 0 saturated heterocycles. The van der Waals surface area contributed by atoms with Crippen LogP contribution in [-0.2, 0) is 0 Å². The molecule has 6 heteroatoms. The fraction of sp³-hybridized carbons (Fsp3) is 0.381. The summed E-state index contributed by atoms with van der Waals surface area (Å²) in [7, 11) is 0. The van der Waals surface area contributed by atoms with Crippen molar-refractivity contribution in [1.29, 1.82) is 0 Å². The van der Waals surface area contributed by atoms with Crippen molar-refractivity contribution in [3.05, 3.63) is 108 Å². The summed E-state index contributed by atoms with van der Waals surface area (Å²) in [6.07, 6.45) is 13.9. The monoisotopic (exact) mass is 642 g/mol. The molecule has 6 nitrogen and oxygen atoms in total. The highest BCUT2D eigenvalue weighted by atomic mass is 15.1. The van der Waals surface area contributed by atoms with Gasteiger partial charge in [0.05, 0.1) is 22.7 Å². The maximum Gasteiger partial charge on any atom is 0.0858 e. The minimum atomic E-state index is 0.832. The molecule has 252 valence electrons. The molecule has 0 fully saturated rings. The van der Waals surface area contributed by atoms with Gasteiger partial charge in [0, 0.05) is 37.6 Å². The molecule has 0 aromatic heterocycles. The molecule has 0 aliphatic carbocycles. The number of azo groups is 2. The molecule has 4 aromatic rings. The third-order valence-electron chi connectivity index (χ3n) is 8.37. The van der Waals surface area contributed by atoms with Crippen molar-refractivity contribution < 1.29 is 0 Å². The van der Waals surface area contributed by atoms with Gasteiger partial charge in [-0.15, -0.1) is 0 Å². The van der Waals surface area contributed by atoms with Crippen LogP contribution < -0.4 is 9.80 Å². The lowest BCUT2D eigenvalue weighted by atomic mass is 10.1. The summed E-state index contributed by atoms with van der Waals surface area (Å²) in [6.45, 7) is 13.4. The summed E-state index contributed by atoms with van der Waals surface area (Å²) in [5.74, 6) is 0. The molecule has 0 N–H and O–H groups in total. The first-order valence-corrected chi connectivity index (χ1v) is 18.0. The molecule has 0 amide bonds. The van der Waals surface area contributed by atoms with Crippen LogP contribution in [0, 0.1) is 0 Å². The van der Waals surface area contributed by atoms with Crippen molar-refractivity contribution in [3.63, 3.8) is 0 Å². The van der Waals surface area contributed by atoms with E-state index in [1.165, 1.54) is 62.7 Å². The molecule has 0 aliphatic rings. The quantitative estimate of drug-likeness (QED) is 0.0711. The highest BCUT2D eigenvalue weighted by Crippen LogP contribution is 2.25. The topological polar surface area (TPSA) is 55.9 Å². The van der Waals surface area contributed by atoms with Gasteiger partial charge >= 0.3 is 0 Å². The van der Waals surface area contributed by atoms with Crippen molar-refractivity contribution in [2.45, 2.75) is 79.1 Å². The Kier molecular flexibility index (Phi) is 15.6. The number of anilines is 2. The third-order valence-corrected chi connectivity index (χ3v) is 8.37. The van der Waals surface area contributed by atoms with E-state index in [0.717, 1.165) is 60.1 Å². The summed E-state index contributed by atoms with van der Waals surface area (Å²) in [6, 6.07) is 33.1. The van der Waals surface area contributed by atoms with Gasteiger partial charge in [-0.25, -0.2) is 0 Å². The van der Waals surface area contributed by atoms with Gasteiger partial charge in [-0.1, -0.05) is 89.8 Å². The zero-order valence-corrected chi connectivity index (χ0v) is 29.6. The van der Waals surface area contributed by atoms with Crippen LogP contribution in [0.5, 0.6) is 0 Å². The van der Waals surface area contributed by atoms with E-state index < -0.39 is 0 Å². The van der Waals surface area contributed by atoms with E-state index in [1.807, 2.05) is 24.3 Å². The molecule has 0 unspecified atom stereocenters. The van der Waals surface area contributed by atoms with Gasteiger partial charge in [-0.2, -0.15) is 20.5 Å². The first kappa shape index (κ1) is 36.3. The standard InChI is InChI=1S/C42H54N6/c1-5-9-31-47(32-10-6-2)41-27-23-39(24-28-41)45-43-37-19-15-35(16-20-37)13-14-36-17-21-38(22-18-36)44-46-40-25-29-42(30-26-40)48(33-11-7-3)34-12-8-4/h13-30H,5-12,31-34H2,1-4H3/b14-13+,45-43?,46-44?. The summed E-state index contributed by atoms with van der Waals surface area (Å²) >= 11 is 0. The Labute approximate surface area is 289 Å². The van der Waals surface area contributed by atoms with Gasteiger partial charge < -0.3 is 9.80 Å². The Morgan fingerprint density at radius 2 is 0.625 bits per heavy atom. The summed E-state index contributed by atoms with van der Waals surface area (Å²) in [5.41, 5.74) is 8.12. The number of benzene rings is 4. The van der Waals surface area contributed by atoms with Gasteiger partial charge in [0.15, 0.2) is 0 Å². The van der Waals surface area contributed by atoms with E-state index in [0.29, 0.717) is 0 Å². The third kappa shape index (κ3) is 12.2. The Bertz CT molecular complexity index is 1400. The first-order chi connectivity index (χ1) is 23.6. The van der Waals surface area contributed by atoms with Crippen molar-refractivity contribution in [1.82, 2.24) is 0 Å². The SMILES string of the molecule is CCCCN(CCCC)c1ccc(N=Nc2ccc(/C=C/c3ccc(N=Nc4ccc(N(CCCC)CCCC)cc4)cc3)cc2)cc1. The zero-order chi connectivity index (χ0) is 33.8. The number of hydrogen-bond acceptors (Lipinski definition) is 6. The second kappa shape index (κ2) is 20.6. The number of unbranched alkanes of at least 4 members (excludes halogenated alkanes) is 4. The molecule has 0 aliphatic heterocycles. The van der Waals surface area contributed by atoms with Crippen LogP contribution in [0.2, 0.25) is 0 Å². The smallest absolute Gasteiger partial charge is 0.0858 e. The van der Waals surface area contributed by atoms with Crippen LogP contribution in [0.15, 0.2) is 118 Å². The predicted octanol–water partition coefficient (Wildman–Crippen LogP) is 13.5. The first-order valence-electron chi connectivity index (χ1n) is 18.0. The number of rotatable bonds is 20. The largest absolute Gasteiger partial charge is 0.372 e. The van der Waals surface area contributed by atoms with Crippen LogP contribution in [0.1, 0.15) is 90.2 Å². The number of nitrogens with zero attached hydrogens (tertiary/aromatic N) is 6. The molecule has 4 aromatic carbocycles. The summed E-state index contributed by atoms with van der Waals surface area (Å²) in [4.78, 5) is 4.97. The Morgan fingerprint density at radius 1 is 0.375 bits per heavy atom. The second-order valence-corrected chi connectivity index (χ2v) is 12.3. The van der Waals surface area contributed by atoms with Crippen LogP contribution in [0.25, 0.3) is 12.2 Å². The normalized spacial score (nSPS) is 11.7. The molecular formula is C42H54N6. The highest BCUT2D eigenvalue weighted by Gasteiger charge is 2.07. The van der Waals surface area contributed by atoms with Crippen LogP contribution >= 0.6 is 0 Å². The predicted molar refractivity (Wildman–Crippen MR) is 207 cm³/mol. The molecular weight excluding hydrogens is 589 g/mol. The Balaban J connectivity index is 1.28. The summed E-state index contributed by atoms with van der Waals surface area (Å²) < 4.78 is 0. The average molecular weight is 643 g/mol. The Hall–Kier alpha value is -4.58. The van der Waals surface area contributed by atoms with Gasteiger partial charge in [0.25, 0.3) is 0 Å². The van der Waals surface area contributed by atoms with Crippen molar-refractivity contribution in [2.75, 3.05) is 36.0 Å². The van der Waals surface area contributed by atoms with E-state index in [-0.39, 0.29) is 0 Å². The van der Waals surface area contributed by atoms with E-state index >= 15 is 0 Å². The number of hydrogen-bond donors (Lipinski definition) is 0. The van der Waals surface area contributed by atoms with Crippen LogP contribution in [-0.4, -0.2) is 26.2 Å². The van der Waals surface area contributed by atoms with Gasteiger partial charge in [-0.05, 0) is 110 Å². The molecule has 48 heavy (non-hydrogen) atoms. The Morgan fingerprint density at radius 3 is 0.875 bits per heavy atom. The molecule has 0 bridgehead atoms.